The van der Waals surface area contributed by atoms with Crippen LogP contribution < -0.4 is 63.8 Å². The van der Waals surface area contributed by atoms with Crippen molar-refractivity contribution in [2.75, 3.05) is 69.8 Å². The van der Waals surface area contributed by atoms with Gasteiger partial charge in [-0.2, -0.15) is 11.8 Å². The molecule has 0 bridgehead atoms. The van der Waals surface area contributed by atoms with Crippen LogP contribution >= 0.6 is 11.8 Å². The maximum atomic E-state index is 14.5. The van der Waals surface area contributed by atoms with Gasteiger partial charge in [0.05, 0.1) is 63.2 Å². The van der Waals surface area contributed by atoms with Crippen LogP contribution in [0.2, 0.25) is 0 Å². The van der Waals surface area contributed by atoms with E-state index in [1.165, 1.54) is 23.5 Å². The predicted molar refractivity (Wildman–Crippen MR) is 413 cm³/mol. The first kappa shape index (κ1) is 86.3. The largest absolute Gasteiger partial charge is 0.508 e. The van der Waals surface area contributed by atoms with Crippen molar-refractivity contribution in [2.24, 2.45) is 58.0 Å². The van der Waals surface area contributed by atoms with Crippen LogP contribution in [0.3, 0.4) is 0 Å². The lowest BCUT2D eigenvalue weighted by molar-refractivity contribution is -0.175. The number of fused-ring (bicyclic) bond motifs is 7. The van der Waals surface area contributed by atoms with Crippen LogP contribution in [-0.2, 0) is 70.3 Å². The number of aliphatic hydroxyl groups is 2. The number of phenolic OH excluding ortho intramolecular Hbond substituents is 1. The average molecular weight is 1560 g/mol. The molecule has 11 amide bonds. The second-order valence-electron chi connectivity index (χ2n) is 32.7. The molecule has 16 N–H and O–H groups in total. The van der Waals surface area contributed by atoms with E-state index in [-0.39, 0.29) is 142 Å². The number of amides is 11. The lowest BCUT2D eigenvalue weighted by Crippen LogP contribution is -2.60. The summed E-state index contributed by atoms with van der Waals surface area (Å²) in [6.45, 7) is 10.2. The summed E-state index contributed by atoms with van der Waals surface area (Å²) in [7, 11) is 0. The van der Waals surface area contributed by atoms with Gasteiger partial charge in [0.25, 0.3) is 5.91 Å². The third-order valence-electron chi connectivity index (χ3n) is 24.8. The van der Waals surface area contributed by atoms with E-state index in [4.69, 9.17) is 15.2 Å². The zero-order valence-electron chi connectivity index (χ0n) is 64.8. The summed E-state index contributed by atoms with van der Waals surface area (Å²) < 4.78 is 11.4. The number of carbonyl (C=O) groups excluding carboxylic acids is 10. The molecular weight excluding hydrogens is 1430 g/mol. The monoisotopic (exact) mass is 1550 g/mol. The van der Waals surface area contributed by atoms with Crippen molar-refractivity contribution < 1.29 is 82.6 Å². The molecule has 3 heterocycles. The summed E-state index contributed by atoms with van der Waals surface area (Å²) >= 11 is 1.82. The van der Waals surface area contributed by atoms with Crippen molar-refractivity contribution >= 4 is 82.6 Å². The molecule has 110 heavy (non-hydrogen) atoms. The van der Waals surface area contributed by atoms with Gasteiger partial charge in [-0.25, -0.2) is 9.59 Å². The highest BCUT2D eigenvalue weighted by Crippen LogP contribution is 2.68. The third kappa shape index (κ3) is 23.5. The predicted octanol–water partition coefficient (Wildman–Crippen LogP) is 3.89. The summed E-state index contributed by atoms with van der Waals surface area (Å²) in [6, 6.07) is 7.55. The number of nitrogens with zero attached hydrogens (tertiary/aromatic N) is 1. The van der Waals surface area contributed by atoms with E-state index < -0.39 is 103 Å². The summed E-state index contributed by atoms with van der Waals surface area (Å²) in [4.78, 5) is 147. The van der Waals surface area contributed by atoms with Gasteiger partial charge in [0.15, 0.2) is 0 Å². The van der Waals surface area contributed by atoms with Crippen LogP contribution in [-0.4, -0.2) is 210 Å². The Balaban J connectivity index is 0.713. The molecule has 2 aromatic carbocycles. The molecule has 29 nitrogen and oxygen atoms in total. The molecule has 3 aliphatic heterocycles. The summed E-state index contributed by atoms with van der Waals surface area (Å²) in [5.41, 5.74) is 7.86. The van der Waals surface area contributed by atoms with Crippen molar-refractivity contribution in [1.82, 2.24) is 53.2 Å². The smallest absolute Gasteiger partial charge is 0.326 e. The van der Waals surface area contributed by atoms with E-state index in [0.717, 1.165) is 63.5 Å². The Bertz CT molecular complexity index is 3480. The topological polar surface area (TPSA) is 437 Å². The van der Waals surface area contributed by atoms with E-state index in [1.54, 1.807) is 36.4 Å². The van der Waals surface area contributed by atoms with E-state index in [1.807, 2.05) is 25.6 Å². The SMILES string of the molecule is CC(C)C[C@@H](C(=O)NCCCC[C@H](NC(=O)COCCOCCNC(=O)CC[C@H](C)[C@H]1CC[C@H]2[C@@H]3CC[C@@H]4C[C@H](O)CC[C@]4(C)[C@H]3C[C@H](O)[C@]12C)C(=O)N[C@@H](CCCCNC(=O)CCCC[C@@H]1SC[C@@H]2NC(=O)N[C@@H]21)C(=O)O)N1C(=O)[C@@H](NC(=O)CNC(=O)CNC(=O)[C@@H](N)Cc2ccc(O)cc2)Cc2ccccc21. The molecule has 0 aromatic heterocycles. The minimum atomic E-state index is -1.33. The van der Waals surface area contributed by atoms with Crippen molar-refractivity contribution in [1.29, 1.82) is 0 Å². The lowest BCUT2D eigenvalue weighted by atomic mass is 9.43. The van der Waals surface area contributed by atoms with Gasteiger partial charge in [0.2, 0.25) is 47.3 Å². The number of hydrogen-bond acceptors (Lipinski definition) is 18. The number of rotatable bonds is 43. The normalized spacial score (nSPS) is 27.1. The minimum Gasteiger partial charge on any atom is -0.508 e. The lowest BCUT2D eigenvalue weighted by Gasteiger charge is -2.62. The number of nitrogens with two attached hydrogens (primary N) is 1. The molecule has 30 heteroatoms. The maximum absolute atomic E-state index is 14.5. The van der Waals surface area contributed by atoms with Gasteiger partial charge in [-0.3, -0.25) is 48.1 Å². The number of aliphatic hydroxyl groups excluding tert-OH is 2. The fraction of sp³-hybridized carbons (Fsp3) is 0.713. The molecule has 0 spiro atoms. The van der Waals surface area contributed by atoms with E-state index in [0.29, 0.717) is 96.7 Å². The minimum absolute atomic E-state index is 0.00218. The number of carbonyl (C=O) groups is 11. The van der Waals surface area contributed by atoms with Crippen LogP contribution in [0.4, 0.5) is 10.5 Å². The highest BCUT2D eigenvalue weighted by molar-refractivity contribution is 8.00. The van der Waals surface area contributed by atoms with Gasteiger partial charge < -0.3 is 88.8 Å². The first-order valence-corrected chi connectivity index (χ1v) is 41.3. The van der Waals surface area contributed by atoms with Crippen LogP contribution in [0.15, 0.2) is 48.5 Å². The Morgan fingerprint density at radius 1 is 0.682 bits per heavy atom. The van der Waals surface area contributed by atoms with Crippen LogP contribution in [0.1, 0.15) is 181 Å². The number of aromatic hydroxyl groups is 1. The summed E-state index contributed by atoms with van der Waals surface area (Å²) in [6.07, 6.45) is 13.0. The highest BCUT2D eigenvalue weighted by atomic mass is 32.2. The van der Waals surface area contributed by atoms with Gasteiger partial charge in [0, 0.05) is 55.6 Å². The quantitative estimate of drug-likeness (QED) is 0.0331. The summed E-state index contributed by atoms with van der Waals surface area (Å²) in [5, 5.41) is 70.3. The number of phenols is 1. The number of thioether (sulfide) groups is 1. The fourth-order valence-electron chi connectivity index (χ4n) is 18.8. The zero-order valence-corrected chi connectivity index (χ0v) is 65.6. The fourth-order valence-corrected chi connectivity index (χ4v) is 20.4. The van der Waals surface area contributed by atoms with Gasteiger partial charge in [0.1, 0.15) is 36.5 Å². The third-order valence-corrected chi connectivity index (χ3v) is 26.3. The van der Waals surface area contributed by atoms with Crippen molar-refractivity contribution in [2.45, 2.75) is 242 Å². The zero-order chi connectivity index (χ0) is 79.2. The van der Waals surface area contributed by atoms with E-state index in [9.17, 15) is 73.2 Å². The standard InChI is InChI=1S/C80H122N12O17S/c1-47(2)38-64(92-63-17-7-6-14-50(63)40-61(76(92)104)88-70(99)44-85-69(98)43-86-73(101)58(81)39-49-21-24-52(93)25-22-49)75(103)84-33-13-10-15-59(74(102)89-60(77(105)106)16-11-12-32-82-67(96)19-9-8-18-65-72-62(46-110-65)90-78(107)91-72)87-71(100)45-109-37-36-108-35-34-83-68(97)29-20-48(3)55-27-28-56-54-26-23-51-41-53(94)30-31-79(51,4)57(54)42-66(95)80(55,56)5/h6-7,14,17,21-22,24-25,47-48,51,53-62,64-66,72,93-95H,8-13,15-16,18-20,23,26-46,81H2,1-5H3,(H,82,96)(H,83,97)(H,84,103)(H,85,98)(H,86,101)(H,87,100)(H,88,99)(H,89,102)(H,105,106)(H2,90,91,107)/t48-,51+,53+,54-,55+,56-,57-,58-,59-,60-,61-,62-,64-,65-,66-,72-,79-,80+/m0/s1. The number of ether oxygens (including phenoxy) is 2. The molecule has 2 aromatic rings. The van der Waals surface area contributed by atoms with Crippen molar-refractivity contribution in [3.8, 4) is 5.75 Å². The number of para-hydroxylation sites is 1. The van der Waals surface area contributed by atoms with Crippen molar-refractivity contribution in [3.05, 3.63) is 59.7 Å². The number of benzene rings is 2. The number of carboxylic acids is 1. The first-order chi connectivity index (χ1) is 52.6. The summed E-state index contributed by atoms with van der Waals surface area (Å²) in [5.74, 6) is -2.52. The Kier molecular flexibility index (Phi) is 32.4. The van der Waals surface area contributed by atoms with Gasteiger partial charge in [-0.05, 0) is 204 Å². The Labute approximate surface area is 650 Å². The highest BCUT2D eigenvalue weighted by Gasteiger charge is 2.64. The maximum Gasteiger partial charge on any atom is 0.326 e. The van der Waals surface area contributed by atoms with Crippen molar-refractivity contribution in [3.63, 3.8) is 0 Å². The number of aliphatic carboxylic acids is 1. The molecule has 2 saturated heterocycles. The molecule has 4 aliphatic carbocycles. The van der Waals surface area contributed by atoms with E-state index in [2.05, 4.69) is 73.9 Å². The molecule has 6 fully saturated rings. The van der Waals surface area contributed by atoms with Crippen LogP contribution in [0.25, 0.3) is 0 Å². The molecule has 0 unspecified atom stereocenters. The number of anilines is 1. The van der Waals surface area contributed by atoms with E-state index >= 15 is 0 Å². The Morgan fingerprint density at radius 3 is 2.15 bits per heavy atom. The van der Waals surface area contributed by atoms with Crippen LogP contribution in [0.5, 0.6) is 5.75 Å². The second kappa shape index (κ2) is 41.2. The first-order valence-electron chi connectivity index (χ1n) is 40.2. The molecule has 0 radical (unpaired) electrons. The number of carboxylic acid groups (broad SMARTS) is 1. The number of urea groups is 1. The Hall–Kier alpha value is -7.64. The van der Waals surface area contributed by atoms with Gasteiger partial charge in [-0.1, -0.05) is 71.4 Å². The average Bonchev–Trinajstić information content (AvgIpc) is 1.47. The Morgan fingerprint density at radius 2 is 1.39 bits per heavy atom. The molecular formula is C80H122N12O17S. The molecule has 610 valence electrons. The molecule has 4 saturated carbocycles. The number of nitrogens with one attached hydrogen (secondary N) is 10. The van der Waals surface area contributed by atoms with Gasteiger partial charge >= 0.3 is 12.0 Å². The number of hydrogen-bond donors (Lipinski definition) is 15. The van der Waals surface area contributed by atoms with Crippen LogP contribution in [0, 0.1) is 52.3 Å². The molecule has 18 atom stereocenters. The molecule has 7 aliphatic rings. The second-order valence-corrected chi connectivity index (χ2v) is 34.0. The molecule has 9 rings (SSSR count). The number of unbranched alkanes of at least 4 members (excludes halogenated alkanes) is 3. The van der Waals surface area contributed by atoms with Gasteiger partial charge in [-0.15, -0.1) is 0 Å².